The Morgan fingerprint density at radius 3 is 2.71 bits per heavy atom. The van der Waals surface area contributed by atoms with Gasteiger partial charge in [0.2, 0.25) is 0 Å². The standard InChI is InChI=1S/C9H11BrClN3/c1-6-9(10)8(14(2)13-6)3-7(4-11)5-12/h7H,3-4H2,1-2H3. The Balaban J connectivity index is 2.91. The fourth-order valence-electron chi connectivity index (χ4n) is 1.27. The Hall–Kier alpha value is -0.530. The van der Waals surface area contributed by atoms with Crippen LogP contribution in [0.3, 0.4) is 0 Å². The summed E-state index contributed by atoms with van der Waals surface area (Å²) in [5, 5.41) is 13.0. The Bertz CT molecular complexity index is 367. The summed E-state index contributed by atoms with van der Waals surface area (Å²) in [6.45, 7) is 1.93. The second-order valence-corrected chi connectivity index (χ2v) is 4.26. The van der Waals surface area contributed by atoms with Gasteiger partial charge in [-0.25, -0.2) is 0 Å². The number of rotatable bonds is 3. The molecule has 0 aliphatic rings. The van der Waals surface area contributed by atoms with Crippen molar-refractivity contribution in [2.45, 2.75) is 13.3 Å². The van der Waals surface area contributed by atoms with Crippen LogP contribution in [0, 0.1) is 24.2 Å². The molecule has 0 radical (unpaired) electrons. The lowest BCUT2D eigenvalue weighted by atomic mass is 10.1. The zero-order valence-corrected chi connectivity index (χ0v) is 10.4. The molecule has 0 fully saturated rings. The molecule has 0 spiro atoms. The quantitative estimate of drug-likeness (QED) is 0.796. The highest BCUT2D eigenvalue weighted by Crippen LogP contribution is 2.23. The molecule has 5 heteroatoms. The van der Waals surface area contributed by atoms with Gasteiger partial charge in [-0.1, -0.05) is 0 Å². The maximum absolute atomic E-state index is 8.80. The zero-order valence-electron chi connectivity index (χ0n) is 8.09. The first-order valence-corrected chi connectivity index (χ1v) is 5.56. The van der Waals surface area contributed by atoms with Crippen LogP contribution in [0.5, 0.6) is 0 Å². The first-order valence-electron chi connectivity index (χ1n) is 4.23. The van der Waals surface area contributed by atoms with E-state index in [1.807, 2.05) is 14.0 Å². The van der Waals surface area contributed by atoms with Crippen molar-refractivity contribution in [3.05, 3.63) is 15.9 Å². The average Bonchev–Trinajstić information content (AvgIpc) is 2.40. The normalized spacial score (nSPS) is 12.5. The van der Waals surface area contributed by atoms with Crippen molar-refractivity contribution in [1.82, 2.24) is 9.78 Å². The van der Waals surface area contributed by atoms with Crippen LogP contribution in [0.1, 0.15) is 11.4 Å². The highest BCUT2D eigenvalue weighted by Gasteiger charge is 2.15. The molecule has 0 saturated heterocycles. The maximum atomic E-state index is 8.80. The second kappa shape index (κ2) is 4.81. The topological polar surface area (TPSA) is 41.6 Å². The van der Waals surface area contributed by atoms with Crippen LogP contribution in [0.25, 0.3) is 0 Å². The maximum Gasteiger partial charge on any atom is 0.0738 e. The van der Waals surface area contributed by atoms with E-state index in [9.17, 15) is 0 Å². The summed E-state index contributed by atoms with van der Waals surface area (Å²) in [6, 6.07) is 2.17. The van der Waals surface area contributed by atoms with Crippen molar-refractivity contribution in [2.24, 2.45) is 13.0 Å². The Kier molecular flexibility index (Phi) is 3.97. The van der Waals surface area contributed by atoms with Crippen molar-refractivity contribution in [3.63, 3.8) is 0 Å². The fraction of sp³-hybridized carbons (Fsp3) is 0.556. The van der Waals surface area contributed by atoms with Crippen LogP contribution in [-0.4, -0.2) is 15.7 Å². The van der Waals surface area contributed by atoms with Crippen LogP contribution < -0.4 is 0 Å². The number of aryl methyl sites for hydroxylation is 2. The molecule has 0 bridgehead atoms. The molecule has 0 saturated carbocycles. The molecule has 1 unspecified atom stereocenters. The second-order valence-electron chi connectivity index (χ2n) is 3.15. The summed E-state index contributed by atoms with van der Waals surface area (Å²) >= 11 is 9.11. The lowest BCUT2D eigenvalue weighted by molar-refractivity contribution is 0.646. The van der Waals surface area contributed by atoms with E-state index in [0.29, 0.717) is 12.3 Å². The van der Waals surface area contributed by atoms with Crippen LogP contribution in [0.4, 0.5) is 0 Å². The third kappa shape index (κ3) is 2.28. The van der Waals surface area contributed by atoms with E-state index in [-0.39, 0.29) is 5.92 Å². The molecule has 1 heterocycles. The van der Waals surface area contributed by atoms with Gasteiger partial charge in [0, 0.05) is 19.3 Å². The molecular formula is C9H11BrClN3. The molecule has 14 heavy (non-hydrogen) atoms. The smallest absolute Gasteiger partial charge is 0.0738 e. The largest absolute Gasteiger partial charge is 0.271 e. The van der Waals surface area contributed by atoms with Crippen LogP contribution >= 0.6 is 27.5 Å². The number of alkyl halides is 1. The molecule has 76 valence electrons. The number of nitriles is 1. The van der Waals surface area contributed by atoms with Gasteiger partial charge in [0.15, 0.2) is 0 Å². The van der Waals surface area contributed by atoms with Gasteiger partial charge in [0.1, 0.15) is 0 Å². The zero-order chi connectivity index (χ0) is 10.7. The SMILES string of the molecule is Cc1nn(C)c(CC(C#N)CCl)c1Br. The summed E-state index contributed by atoms with van der Waals surface area (Å²) in [4.78, 5) is 0. The molecule has 1 atom stereocenters. The lowest BCUT2D eigenvalue weighted by Crippen LogP contribution is -2.08. The number of hydrogen-bond donors (Lipinski definition) is 0. The first kappa shape index (κ1) is 11.5. The van der Waals surface area contributed by atoms with E-state index in [1.54, 1.807) is 4.68 Å². The van der Waals surface area contributed by atoms with Crippen molar-refractivity contribution in [2.75, 3.05) is 5.88 Å². The highest BCUT2D eigenvalue weighted by molar-refractivity contribution is 9.10. The number of hydrogen-bond acceptors (Lipinski definition) is 2. The van der Waals surface area contributed by atoms with Gasteiger partial charge < -0.3 is 0 Å². The van der Waals surface area contributed by atoms with Crippen molar-refractivity contribution in [3.8, 4) is 6.07 Å². The molecule has 0 amide bonds. The van der Waals surface area contributed by atoms with E-state index in [1.165, 1.54) is 0 Å². The minimum Gasteiger partial charge on any atom is -0.271 e. The highest BCUT2D eigenvalue weighted by atomic mass is 79.9. The molecule has 0 aromatic carbocycles. The van der Waals surface area contributed by atoms with Crippen molar-refractivity contribution < 1.29 is 0 Å². The molecule has 0 aliphatic heterocycles. The minimum absolute atomic E-state index is 0.150. The number of halogens is 2. The Morgan fingerprint density at radius 1 is 1.71 bits per heavy atom. The summed E-state index contributed by atoms with van der Waals surface area (Å²) < 4.78 is 2.77. The lowest BCUT2D eigenvalue weighted by Gasteiger charge is -2.05. The van der Waals surface area contributed by atoms with E-state index >= 15 is 0 Å². The summed E-state index contributed by atoms with van der Waals surface area (Å²) in [5.41, 5.74) is 1.96. The minimum atomic E-state index is -0.150. The van der Waals surface area contributed by atoms with Crippen LogP contribution in [0.2, 0.25) is 0 Å². The van der Waals surface area contributed by atoms with Gasteiger partial charge in [-0.2, -0.15) is 10.4 Å². The molecule has 3 nitrogen and oxygen atoms in total. The van der Waals surface area contributed by atoms with E-state index in [2.05, 4.69) is 27.1 Å². The van der Waals surface area contributed by atoms with Gasteiger partial charge in [-0.15, -0.1) is 11.6 Å². The average molecular weight is 277 g/mol. The number of nitrogens with zero attached hydrogens (tertiary/aromatic N) is 3. The molecular weight excluding hydrogens is 265 g/mol. The predicted octanol–water partition coefficient (Wildman–Crippen LogP) is 2.41. The fourth-order valence-corrected chi connectivity index (χ4v) is 1.95. The van der Waals surface area contributed by atoms with Crippen molar-refractivity contribution in [1.29, 1.82) is 5.26 Å². The van der Waals surface area contributed by atoms with Gasteiger partial charge >= 0.3 is 0 Å². The molecule has 1 aromatic rings. The van der Waals surface area contributed by atoms with E-state index in [4.69, 9.17) is 16.9 Å². The molecule has 1 aromatic heterocycles. The monoisotopic (exact) mass is 275 g/mol. The third-order valence-electron chi connectivity index (χ3n) is 2.07. The van der Waals surface area contributed by atoms with Gasteiger partial charge in [-0.05, 0) is 22.9 Å². The Labute approximate surface area is 96.8 Å². The predicted molar refractivity (Wildman–Crippen MR) is 59.2 cm³/mol. The molecule has 1 rings (SSSR count). The van der Waals surface area contributed by atoms with Gasteiger partial charge in [0.25, 0.3) is 0 Å². The van der Waals surface area contributed by atoms with E-state index < -0.39 is 0 Å². The Morgan fingerprint density at radius 2 is 2.36 bits per heavy atom. The van der Waals surface area contributed by atoms with Crippen LogP contribution in [-0.2, 0) is 13.5 Å². The summed E-state index contributed by atoms with van der Waals surface area (Å²) in [5.74, 6) is 0.204. The first-order chi connectivity index (χ1) is 6.60. The van der Waals surface area contributed by atoms with Gasteiger partial charge in [-0.3, -0.25) is 4.68 Å². The summed E-state index contributed by atoms with van der Waals surface area (Å²) in [6.07, 6.45) is 0.637. The van der Waals surface area contributed by atoms with Crippen molar-refractivity contribution >= 4 is 27.5 Å². The third-order valence-corrected chi connectivity index (χ3v) is 3.47. The van der Waals surface area contributed by atoms with Crippen LogP contribution in [0.15, 0.2) is 4.47 Å². The summed E-state index contributed by atoms with van der Waals surface area (Å²) in [7, 11) is 1.87. The van der Waals surface area contributed by atoms with Gasteiger partial charge in [0.05, 0.1) is 27.8 Å². The number of aromatic nitrogens is 2. The van der Waals surface area contributed by atoms with E-state index in [0.717, 1.165) is 15.9 Å². The molecule has 0 N–H and O–H groups in total. The molecule has 0 aliphatic carbocycles.